The third-order valence-corrected chi connectivity index (χ3v) is 6.58. The van der Waals surface area contributed by atoms with Gasteiger partial charge in [0.15, 0.2) is 0 Å². The minimum Gasteiger partial charge on any atom is -0.457 e. The number of furan rings is 2. The zero-order valence-corrected chi connectivity index (χ0v) is 22.3. The molecule has 0 fully saturated rings. The van der Waals surface area contributed by atoms with Crippen molar-refractivity contribution in [3.05, 3.63) is 120 Å². The fourth-order valence-electron chi connectivity index (χ4n) is 4.54. The SMILES string of the molecule is NC(=O)c1oc2ccccc2c1NC(=O)c1ccc(Oc2ccc(C(=O)Nc3c(C(N)=O)oc4ccccc34)cc2)cc1. The second-order valence-corrected chi connectivity index (χ2v) is 9.39. The van der Waals surface area contributed by atoms with Crippen molar-refractivity contribution in [2.24, 2.45) is 11.5 Å². The summed E-state index contributed by atoms with van der Waals surface area (Å²) in [5, 5.41) is 6.52. The highest BCUT2D eigenvalue weighted by molar-refractivity contribution is 6.15. The molecule has 2 aromatic heterocycles. The summed E-state index contributed by atoms with van der Waals surface area (Å²) in [7, 11) is 0. The minimum atomic E-state index is -0.802. The van der Waals surface area contributed by atoms with Gasteiger partial charge in [-0.05, 0) is 72.8 Å². The Balaban J connectivity index is 1.13. The van der Waals surface area contributed by atoms with Crippen molar-refractivity contribution in [1.82, 2.24) is 0 Å². The van der Waals surface area contributed by atoms with Crippen molar-refractivity contribution in [1.29, 1.82) is 0 Å². The predicted octanol–water partition coefficient (Wildman–Crippen LogP) is 5.67. The lowest BCUT2D eigenvalue weighted by molar-refractivity contribution is 0.0967. The van der Waals surface area contributed by atoms with E-state index in [1.54, 1.807) is 97.1 Å². The lowest BCUT2D eigenvalue weighted by Crippen LogP contribution is -2.17. The maximum atomic E-state index is 12.9. The Kier molecular flexibility index (Phi) is 6.80. The van der Waals surface area contributed by atoms with Crippen molar-refractivity contribution >= 4 is 56.9 Å². The van der Waals surface area contributed by atoms with Crippen LogP contribution in [0.3, 0.4) is 0 Å². The van der Waals surface area contributed by atoms with E-state index in [9.17, 15) is 19.2 Å². The Bertz CT molecular complexity index is 1890. The average Bonchev–Trinajstić information content (AvgIpc) is 3.57. The Hall–Kier alpha value is -6.36. The molecule has 0 saturated heterocycles. The maximum absolute atomic E-state index is 12.9. The summed E-state index contributed by atoms with van der Waals surface area (Å²) in [6.45, 7) is 0. The number of amides is 4. The van der Waals surface area contributed by atoms with Crippen LogP contribution in [0.5, 0.6) is 11.5 Å². The van der Waals surface area contributed by atoms with Crippen LogP contribution in [0.1, 0.15) is 41.8 Å². The zero-order chi connectivity index (χ0) is 30.1. The van der Waals surface area contributed by atoms with Gasteiger partial charge in [0.25, 0.3) is 23.6 Å². The van der Waals surface area contributed by atoms with E-state index >= 15 is 0 Å². The molecule has 11 nitrogen and oxygen atoms in total. The monoisotopic (exact) mass is 574 g/mol. The van der Waals surface area contributed by atoms with Crippen molar-refractivity contribution < 1.29 is 32.7 Å². The quantitative estimate of drug-likeness (QED) is 0.181. The van der Waals surface area contributed by atoms with Gasteiger partial charge in [-0.1, -0.05) is 24.3 Å². The highest BCUT2D eigenvalue weighted by atomic mass is 16.5. The third-order valence-electron chi connectivity index (χ3n) is 6.58. The van der Waals surface area contributed by atoms with Gasteiger partial charge in [0.05, 0.1) is 0 Å². The van der Waals surface area contributed by atoms with E-state index in [0.717, 1.165) is 0 Å². The molecule has 212 valence electrons. The van der Waals surface area contributed by atoms with Crippen molar-refractivity contribution in [2.75, 3.05) is 10.6 Å². The summed E-state index contributed by atoms with van der Waals surface area (Å²) in [5.74, 6) is -1.95. The van der Waals surface area contributed by atoms with Gasteiger partial charge in [-0.15, -0.1) is 0 Å². The highest BCUT2D eigenvalue weighted by Crippen LogP contribution is 2.32. The number of carbonyl (C=O) groups is 4. The van der Waals surface area contributed by atoms with Gasteiger partial charge in [-0.3, -0.25) is 19.2 Å². The number of carbonyl (C=O) groups excluding carboxylic acids is 4. The van der Waals surface area contributed by atoms with E-state index < -0.39 is 23.6 Å². The second-order valence-electron chi connectivity index (χ2n) is 9.39. The molecule has 0 bridgehead atoms. The summed E-state index contributed by atoms with van der Waals surface area (Å²) < 4.78 is 16.9. The van der Waals surface area contributed by atoms with Gasteiger partial charge in [-0.2, -0.15) is 0 Å². The van der Waals surface area contributed by atoms with Crippen LogP contribution >= 0.6 is 0 Å². The summed E-state index contributed by atoms with van der Waals surface area (Å²) in [4.78, 5) is 49.6. The Labute approximate surface area is 243 Å². The van der Waals surface area contributed by atoms with Crippen molar-refractivity contribution in [3.8, 4) is 11.5 Å². The second kappa shape index (κ2) is 10.9. The number of primary amides is 2. The van der Waals surface area contributed by atoms with Crippen LogP contribution in [0.25, 0.3) is 21.9 Å². The Morgan fingerprint density at radius 1 is 0.535 bits per heavy atom. The molecule has 0 aliphatic rings. The van der Waals surface area contributed by atoms with Crippen LogP contribution in [0.4, 0.5) is 11.4 Å². The fourth-order valence-corrected chi connectivity index (χ4v) is 4.54. The molecular weight excluding hydrogens is 552 g/mol. The van der Waals surface area contributed by atoms with Crippen LogP contribution in [-0.2, 0) is 0 Å². The molecule has 6 N–H and O–H groups in total. The molecule has 0 saturated carbocycles. The molecule has 0 atom stereocenters. The topological polar surface area (TPSA) is 180 Å². The lowest BCUT2D eigenvalue weighted by Gasteiger charge is -2.09. The molecule has 11 heteroatoms. The summed E-state index contributed by atoms with van der Waals surface area (Å²) in [6.07, 6.45) is 0. The van der Waals surface area contributed by atoms with Crippen molar-refractivity contribution in [2.45, 2.75) is 0 Å². The molecular formula is C32H22N4O7. The van der Waals surface area contributed by atoms with Crippen LogP contribution in [0.2, 0.25) is 0 Å². The number of fused-ring (bicyclic) bond motifs is 2. The number of anilines is 2. The Morgan fingerprint density at radius 2 is 0.907 bits per heavy atom. The van der Waals surface area contributed by atoms with E-state index in [1.807, 2.05) is 0 Å². The van der Waals surface area contributed by atoms with Gasteiger partial charge in [0.1, 0.15) is 34.0 Å². The number of nitrogens with one attached hydrogen (secondary N) is 2. The minimum absolute atomic E-state index is 0.141. The summed E-state index contributed by atoms with van der Waals surface area (Å²) in [5.41, 5.74) is 12.7. The lowest BCUT2D eigenvalue weighted by atomic mass is 10.1. The molecule has 6 aromatic rings. The third kappa shape index (κ3) is 5.25. The first-order chi connectivity index (χ1) is 20.8. The van der Waals surface area contributed by atoms with E-state index in [1.165, 1.54) is 0 Å². The number of benzene rings is 4. The standard InChI is InChI=1S/C32H22N4O7/c33-29(37)27-25(21-5-1-3-7-23(21)42-27)35-31(39)17-9-13-19(14-10-17)41-20-15-11-18(12-16-20)32(40)36-26-22-6-2-4-8-24(22)43-28(26)30(34)38/h1-16H,(H2,33,37)(H2,34,38)(H,35,39)(H,36,40). The molecule has 0 spiro atoms. The number of rotatable bonds is 8. The summed E-state index contributed by atoms with van der Waals surface area (Å²) in [6, 6.07) is 26.4. The van der Waals surface area contributed by atoms with Crippen molar-refractivity contribution in [3.63, 3.8) is 0 Å². The van der Waals surface area contributed by atoms with E-state index in [2.05, 4.69) is 10.6 Å². The van der Waals surface area contributed by atoms with Crippen LogP contribution in [0, 0.1) is 0 Å². The normalized spacial score (nSPS) is 10.9. The maximum Gasteiger partial charge on any atom is 0.286 e. The number of hydrogen-bond acceptors (Lipinski definition) is 7. The van der Waals surface area contributed by atoms with Gasteiger partial charge in [0.2, 0.25) is 11.5 Å². The molecule has 0 radical (unpaired) electrons. The van der Waals surface area contributed by atoms with Crippen LogP contribution in [0.15, 0.2) is 106 Å². The average molecular weight is 575 g/mol. The first kappa shape index (κ1) is 26.8. The first-order valence-electron chi connectivity index (χ1n) is 12.9. The number of para-hydroxylation sites is 2. The van der Waals surface area contributed by atoms with Crippen LogP contribution in [-0.4, -0.2) is 23.6 Å². The fraction of sp³-hybridized carbons (Fsp3) is 0. The van der Waals surface area contributed by atoms with Gasteiger partial charge in [-0.25, -0.2) is 0 Å². The van der Waals surface area contributed by atoms with Gasteiger partial charge < -0.3 is 35.7 Å². The molecule has 4 amide bonds. The molecule has 6 rings (SSSR count). The van der Waals surface area contributed by atoms with Gasteiger partial charge >= 0.3 is 0 Å². The first-order valence-corrected chi connectivity index (χ1v) is 12.9. The molecule has 2 heterocycles. The number of hydrogen-bond donors (Lipinski definition) is 4. The largest absolute Gasteiger partial charge is 0.457 e. The van der Waals surface area contributed by atoms with E-state index in [4.69, 9.17) is 25.0 Å². The Morgan fingerprint density at radius 3 is 1.28 bits per heavy atom. The molecule has 4 aromatic carbocycles. The smallest absolute Gasteiger partial charge is 0.286 e. The molecule has 43 heavy (non-hydrogen) atoms. The number of ether oxygens (including phenoxy) is 1. The molecule has 0 aliphatic carbocycles. The predicted molar refractivity (Wildman–Crippen MR) is 158 cm³/mol. The summed E-state index contributed by atoms with van der Waals surface area (Å²) >= 11 is 0. The number of nitrogens with two attached hydrogens (primary N) is 2. The van der Waals surface area contributed by atoms with E-state index in [0.29, 0.717) is 44.6 Å². The highest BCUT2D eigenvalue weighted by Gasteiger charge is 2.22. The van der Waals surface area contributed by atoms with Gasteiger partial charge in [0, 0.05) is 21.9 Å². The zero-order valence-electron chi connectivity index (χ0n) is 22.3. The van der Waals surface area contributed by atoms with E-state index in [-0.39, 0.29) is 22.9 Å². The molecule has 0 aliphatic heterocycles. The van der Waals surface area contributed by atoms with Crippen LogP contribution < -0.4 is 26.8 Å². The molecule has 0 unspecified atom stereocenters.